The molecular formula is C24H26N4O3S. The highest BCUT2D eigenvalue weighted by molar-refractivity contribution is 7.18. The van der Waals surface area contributed by atoms with Crippen molar-refractivity contribution in [3.8, 4) is 0 Å². The van der Waals surface area contributed by atoms with Crippen LogP contribution in [0.25, 0.3) is 10.2 Å². The molecule has 1 saturated heterocycles. The molecule has 1 aliphatic carbocycles. The van der Waals surface area contributed by atoms with E-state index in [1.807, 2.05) is 30.3 Å². The molecule has 1 atom stereocenters. The highest BCUT2D eigenvalue weighted by Crippen LogP contribution is 2.40. The van der Waals surface area contributed by atoms with Gasteiger partial charge in [0.15, 0.2) is 0 Å². The predicted molar refractivity (Wildman–Crippen MR) is 125 cm³/mol. The van der Waals surface area contributed by atoms with E-state index >= 15 is 0 Å². The largest absolute Gasteiger partial charge is 0.481 e. The number of thiazole rings is 1. The van der Waals surface area contributed by atoms with Crippen molar-refractivity contribution in [2.75, 3.05) is 18.0 Å². The molecule has 4 N–H and O–H groups in total. The number of anilines is 1. The van der Waals surface area contributed by atoms with Crippen molar-refractivity contribution in [1.82, 2.24) is 10.3 Å². The van der Waals surface area contributed by atoms with Gasteiger partial charge in [-0.3, -0.25) is 9.59 Å². The molecule has 5 rings (SSSR count). The number of nitrogens with one attached hydrogen (secondary N) is 1. The van der Waals surface area contributed by atoms with Crippen molar-refractivity contribution in [1.29, 1.82) is 0 Å². The number of carbonyl (C=O) groups excluding carboxylic acids is 1. The van der Waals surface area contributed by atoms with Crippen LogP contribution in [-0.4, -0.2) is 41.1 Å². The van der Waals surface area contributed by atoms with Gasteiger partial charge in [-0.25, -0.2) is 4.98 Å². The Labute approximate surface area is 190 Å². The molecule has 2 heterocycles. The molecule has 8 heteroatoms. The molecule has 1 fully saturated rings. The zero-order valence-electron chi connectivity index (χ0n) is 17.7. The van der Waals surface area contributed by atoms with Crippen LogP contribution in [0.15, 0.2) is 42.5 Å². The topological polar surface area (TPSA) is 109 Å². The maximum Gasteiger partial charge on any atom is 0.304 e. The number of nitrogens with two attached hydrogens (primary N) is 1. The van der Waals surface area contributed by atoms with Crippen LogP contribution in [0.5, 0.6) is 0 Å². The minimum absolute atomic E-state index is 0.186. The molecule has 1 amide bonds. The standard InChI is InChI=1S/C24H26N4O3S/c25-17-7-8-28(14-17)18-5-6-19-20(9-18)32-21(27-19)13-26-23(31)24(12-22(29)30)10-15-3-1-2-4-16(15)11-24/h1-6,9,17H,7-8,10-14,25H2,(H,26,31)(H,29,30). The summed E-state index contributed by atoms with van der Waals surface area (Å²) in [6.07, 6.45) is 1.71. The molecule has 2 aliphatic rings. The first-order chi connectivity index (χ1) is 15.4. The second-order valence-electron chi connectivity index (χ2n) is 8.91. The van der Waals surface area contributed by atoms with E-state index in [0.29, 0.717) is 19.4 Å². The summed E-state index contributed by atoms with van der Waals surface area (Å²) in [5, 5.41) is 13.3. The van der Waals surface area contributed by atoms with Crippen LogP contribution in [0.1, 0.15) is 29.0 Å². The summed E-state index contributed by atoms with van der Waals surface area (Å²) >= 11 is 1.56. The van der Waals surface area contributed by atoms with Crippen molar-refractivity contribution >= 4 is 39.1 Å². The summed E-state index contributed by atoms with van der Waals surface area (Å²) in [4.78, 5) is 31.7. The van der Waals surface area contributed by atoms with E-state index in [2.05, 4.69) is 27.3 Å². The Morgan fingerprint density at radius 2 is 1.97 bits per heavy atom. The molecule has 1 aliphatic heterocycles. The molecule has 7 nitrogen and oxygen atoms in total. The lowest BCUT2D eigenvalue weighted by atomic mass is 9.80. The second kappa shape index (κ2) is 8.18. The van der Waals surface area contributed by atoms with Crippen molar-refractivity contribution in [2.45, 2.75) is 38.3 Å². The highest BCUT2D eigenvalue weighted by atomic mass is 32.1. The summed E-state index contributed by atoms with van der Waals surface area (Å²) in [6, 6.07) is 14.2. The number of carboxylic acids is 1. The number of aliphatic carboxylic acids is 1. The van der Waals surface area contributed by atoms with E-state index in [-0.39, 0.29) is 18.4 Å². The first kappa shape index (κ1) is 20.9. The summed E-state index contributed by atoms with van der Waals surface area (Å²) < 4.78 is 1.07. The van der Waals surface area contributed by atoms with Gasteiger partial charge in [0.2, 0.25) is 5.91 Å². The molecule has 2 aromatic carbocycles. The number of hydrogen-bond acceptors (Lipinski definition) is 6. The Hall–Kier alpha value is -2.97. The van der Waals surface area contributed by atoms with Crippen molar-refractivity contribution in [3.63, 3.8) is 0 Å². The summed E-state index contributed by atoms with van der Waals surface area (Å²) in [7, 11) is 0. The third kappa shape index (κ3) is 3.96. The molecule has 1 unspecified atom stereocenters. The van der Waals surface area contributed by atoms with Crippen LogP contribution >= 0.6 is 11.3 Å². The Bertz CT molecular complexity index is 1170. The quantitative estimate of drug-likeness (QED) is 0.533. The molecule has 0 bridgehead atoms. The van der Waals surface area contributed by atoms with Gasteiger partial charge in [-0.15, -0.1) is 11.3 Å². The average Bonchev–Trinajstić information content (AvgIpc) is 3.46. The number of benzene rings is 2. The summed E-state index contributed by atoms with van der Waals surface area (Å²) in [6.45, 7) is 2.11. The Balaban J connectivity index is 1.31. The molecule has 0 saturated carbocycles. The number of amides is 1. The number of carboxylic acid groups (broad SMARTS) is 1. The first-order valence-electron chi connectivity index (χ1n) is 10.9. The van der Waals surface area contributed by atoms with Crippen molar-refractivity contribution in [3.05, 3.63) is 58.6 Å². The summed E-state index contributed by atoms with van der Waals surface area (Å²) in [5.74, 6) is -1.18. The lowest BCUT2D eigenvalue weighted by molar-refractivity contribution is -0.145. The molecule has 0 radical (unpaired) electrons. The maximum atomic E-state index is 13.2. The van der Waals surface area contributed by atoms with Crippen LogP contribution < -0.4 is 16.0 Å². The van der Waals surface area contributed by atoms with E-state index in [9.17, 15) is 14.7 Å². The molecule has 1 aromatic heterocycles. The third-order valence-electron chi connectivity index (χ3n) is 6.55. The predicted octanol–water partition coefficient (Wildman–Crippen LogP) is 2.71. The minimum atomic E-state index is -0.956. The number of rotatable bonds is 6. The normalized spacial score (nSPS) is 19.3. The molecule has 32 heavy (non-hydrogen) atoms. The van der Waals surface area contributed by atoms with Gasteiger partial charge in [-0.05, 0) is 48.6 Å². The van der Waals surface area contributed by atoms with Crippen LogP contribution in [-0.2, 0) is 29.0 Å². The van der Waals surface area contributed by atoms with Gasteiger partial charge in [-0.1, -0.05) is 24.3 Å². The van der Waals surface area contributed by atoms with E-state index in [1.165, 1.54) is 0 Å². The number of aromatic nitrogens is 1. The van der Waals surface area contributed by atoms with Gasteiger partial charge in [0, 0.05) is 24.8 Å². The van der Waals surface area contributed by atoms with Crippen LogP contribution in [0, 0.1) is 5.41 Å². The van der Waals surface area contributed by atoms with E-state index in [1.54, 1.807) is 11.3 Å². The fraction of sp³-hybridized carbons (Fsp3) is 0.375. The highest BCUT2D eigenvalue weighted by Gasteiger charge is 2.45. The minimum Gasteiger partial charge on any atom is -0.481 e. The fourth-order valence-electron chi connectivity index (χ4n) is 4.95. The second-order valence-corrected chi connectivity index (χ2v) is 10.0. The fourth-order valence-corrected chi connectivity index (χ4v) is 5.89. The number of hydrogen-bond donors (Lipinski definition) is 3. The van der Waals surface area contributed by atoms with E-state index in [0.717, 1.165) is 51.5 Å². The first-order valence-corrected chi connectivity index (χ1v) is 11.7. The maximum absolute atomic E-state index is 13.2. The van der Waals surface area contributed by atoms with Gasteiger partial charge in [0.25, 0.3) is 0 Å². The van der Waals surface area contributed by atoms with Gasteiger partial charge in [0.05, 0.1) is 28.6 Å². The number of nitrogens with zero attached hydrogens (tertiary/aromatic N) is 2. The lowest BCUT2D eigenvalue weighted by Gasteiger charge is -2.25. The monoisotopic (exact) mass is 450 g/mol. The zero-order chi connectivity index (χ0) is 22.3. The van der Waals surface area contributed by atoms with E-state index in [4.69, 9.17) is 5.73 Å². The lowest BCUT2D eigenvalue weighted by Crippen LogP contribution is -2.43. The zero-order valence-corrected chi connectivity index (χ0v) is 18.5. The van der Waals surface area contributed by atoms with Gasteiger partial charge in [0.1, 0.15) is 5.01 Å². The molecule has 166 valence electrons. The van der Waals surface area contributed by atoms with Crippen molar-refractivity contribution in [2.24, 2.45) is 11.1 Å². The van der Waals surface area contributed by atoms with Crippen LogP contribution in [0.3, 0.4) is 0 Å². The SMILES string of the molecule is NC1CCN(c2ccc3nc(CNC(=O)C4(CC(=O)O)Cc5ccccc5C4)sc3c2)C1. The van der Waals surface area contributed by atoms with Gasteiger partial charge in [-0.2, -0.15) is 0 Å². The Morgan fingerprint density at radius 3 is 2.62 bits per heavy atom. The Morgan fingerprint density at radius 1 is 1.22 bits per heavy atom. The van der Waals surface area contributed by atoms with Crippen molar-refractivity contribution < 1.29 is 14.7 Å². The number of fused-ring (bicyclic) bond motifs is 2. The molecular weight excluding hydrogens is 424 g/mol. The Kier molecular flexibility index (Phi) is 5.35. The van der Waals surface area contributed by atoms with Gasteiger partial charge < -0.3 is 21.1 Å². The van der Waals surface area contributed by atoms with Crippen LogP contribution in [0.2, 0.25) is 0 Å². The average molecular weight is 451 g/mol. The molecule has 3 aromatic rings. The van der Waals surface area contributed by atoms with E-state index < -0.39 is 11.4 Å². The van der Waals surface area contributed by atoms with Gasteiger partial charge >= 0.3 is 5.97 Å². The third-order valence-corrected chi connectivity index (χ3v) is 7.57. The molecule has 0 spiro atoms. The van der Waals surface area contributed by atoms with Crippen LogP contribution in [0.4, 0.5) is 5.69 Å². The summed E-state index contributed by atoms with van der Waals surface area (Å²) in [5.41, 5.74) is 9.25. The number of carbonyl (C=O) groups is 2. The smallest absolute Gasteiger partial charge is 0.304 e.